The number of aliphatic hydroxyl groups is 3. The summed E-state index contributed by atoms with van der Waals surface area (Å²) < 4.78 is 16.4. The molecule has 0 bridgehead atoms. The van der Waals surface area contributed by atoms with Gasteiger partial charge in [-0.15, -0.1) is 0 Å². The maximum Gasteiger partial charge on any atom is 0.305 e. The summed E-state index contributed by atoms with van der Waals surface area (Å²) in [6, 6.07) is 8.27. The van der Waals surface area contributed by atoms with Crippen molar-refractivity contribution in [3.63, 3.8) is 0 Å². The van der Waals surface area contributed by atoms with Crippen molar-refractivity contribution in [2.75, 3.05) is 6.61 Å². The molecule has 11 nitrogen and oxygen atoms in total. The third-order valence-electron chi connectivity index (χ3n) is 6.73. The summed E-state index contributed by atoms with van der Waals surface area (Å²) in [5.74, 6) is -2.28. The van der Waals surface area contributed by atoms with Crippen LogP contribution in [0, 0.1) is 0 Å². The zero-order valence-electron chi connectivity index (χ0n) is 22.4. The molecule has 220 valence electrons. The van der Waals surface area contributed by atoms with E-state index in [0.717, 1.165) is 43.4 Å². The number of rotatable bonds is 14. The lowest BCUT2D eigenvalue weighted by Gasteiger charge is -2.40. The highest BCUT2D eigenvalue weighted by atomic mass is 16.7. The molecule has 0 saturated carbocycles. The summed E-state index contributed by atoms with van der Waals surface area (Å²) >= 11 is 0. The van der Waals surface area contributed by atoms with Crippen LogP contribution in [0.25, 0.3) is 0 Å². The number of aromatic hydroxyl groups is 3. The number of phenolic OH excluding ortho intramolecular Hbond substituents is 3. The maximum atomic E-state index is 13.0. The third-order valence-corrected chi connectivity index (χ3v) is 6.73. The van der Waals surface area contributed by atoms with Crippen LogP contribution in [0.15, 0.2) is 36.4 Å². The van der Waals surface area contributed by atoms with E-state index in [1.165, 1.54) is 12.1 Å². The summed E-state index contributed by atoms with van der Waals surface area (Å²) in [7, 11) is 0. The zero-order chi connectivity index (χ0) is 29.2. The first-order valence-corrected chi connectivity index (χ1v) is 13.5. The Hall–Kier alpha value is -3.38. The quantitative estimate of drug-likeness (QED) is 0.113. The van der Waals surface area contributed by atoms with Crippen LogP contribution in [0.1, 0.15) is 67.8 Å². The average Bonchev–Trinajstić information content (AvgIpc) is 2.91. The normalized spacial score (nSPS) is 22.6. The fourth-order valence-electron chi connectivity index (χ4n) is 4.40. The van der Waals surface area contributed by atoms with E-state index in [1.807, 2.05) is 0 Å². The van der Waals surface area contributed by atoms with Crippen LogP contribution in [0.4, 0.5) is 0 Å². The molecular weight excluding hydrogens is 524 g/mol. The van der Waals surface area contributed by atoms with E-state index in [1.54, 1.807) is 12.1 Å². The number of carbonyl (C=O) groups is 2. The lowest BCUT2D eigenvalue weighted by molar-refractivity contribution is -0.278. The molecular formula is C29H38O11. The van der Waals surface area contributed by atoms with Crippen LogP contribution in [0.3, 0.4) is 0 Å². The SMILES string of the molecule is CCCCCCCC(=O)OCC1OC(Oc2cc(O)cc(O)c2C(=O)CCc2ccc(O)cc2)C(O)C(O)C1O. The minimum atomic E-state index is -1.77. The summed E-state index contributed by atoms with van der Waals surface area (Å²) in [5, 5.41) is 61.1. The Morgan fingerprint density at radius 2 is 1.55 bits per heavy atom. The highest BCUT2D eigenvalue weighted by Crippen LogP contribution is 2.36. The van der Waals surface area contributed by atoms with Gasteiger partial charge in [0.2, 0.25) is 6.29 Å². The van der Waals surface area contributed by atoms with Gasteiger partial charge < -0.3 is 44.8 Å². The van der Waals surface area contributed by atoms with Crippen LogP contribution in [-0.2, 0) is 20.7 Å². The number of aryl methyl sites for hydroxylation is 1. The minimum Gasteiger partial charge on any atom is -0.508 e. The molecule has 0 amide bonds. The van der Waals surface area contributed by atoms with Crippen molar-refractivity contribution in [2.24, 2.45) is 0 Å². The first-order valence-electron chi connectivity index (χ1n) is 13.5. The van der Waals surface area contributed by atoms with Gasteiger partial charge in [0.1, 0.15) is 59.6 Å². The topological polar surface area (TPSA) is 183 Å². The van der Waals surface area contributed by atoms with E-state index < -0.39 is 60.6 Å². The number of phenols is 3. The Morgan fingerprint density at radius 3 is 2.25 bits per heavy atom. The van der Waals surface area contributed by atoms with Gasteiger partial charge in [0.05, 0.1) is 0 Å². The van der Waals surface area contributed by atoms with Crippen molar-refractivity contribution < 1.29 is 54.4 Å². The molecule has 1 fully saturated rings. The number of hydrogen-bond donors (Lipinski definition) is 6. The second-order valence-corrected chi connectivity index (χ2v) is 9.91. The predicted molar refractivity (Wildman–Crippen MR) is 142 cm³/mol. The molecule has 40 heavy (non-hydrogen) atoms. The monoisotopic (exact) mass is 562 g/mol. The van der Waals surface area contributed by atoms with Gasteiger partial charge in [0, 0.05) is 25.0 Å². The van der Waals surface area contributed by atoms with Gasteiger partial charge in [-0.1, -0.05) is 44.7 Å². The molecule has 1 heterocycles. The first-order chi connectivity index (χ1) is 19.1. The van der Waals surface area contributed by atoms with Gasteiger partial charge in [0.15, 0.2) is 5.78 Å². The number of hydrogen-bond acceptors (Lipinski definition) is 11. The molecule has 0 aliphatic carbocycles. The smallest absolute Gasteiger partial charge is 0.305 e. The van der Waals surface area contributed by atoms with Crippen molar-refractivity contribution in [3.05, 3.63) is 47.5 Å². The Morgan fingerprint density at radius 1 is 0.850 bits per heavy atom. The molecule has 0 radical (unpaired) electrons. The Bertz CT molecular complexity index is 1120. The highest BCUT2D eigenvalue weighted by Gasteiger charge is 2.46. The fourth-order valence-corrected chi connectivity index (χ4v) is 4.40. The Kier molecular flexibility index (Phi) is 11.6. The van der Waals surface area contributed by atoms with Gasteiger partial charge in [-0.25, -0.2) is 0 Å². The summed E-state index contributed by atoms with van der Waals surface area (Å²) in [5.41, 5.74) is 0.479. The second kappa shape index (κ2) is 14.8. The number of benzene rings is 2. The molecule has 11 heteroatoms. The van der Waals surface area contributed by atoms with Crippen molar-refractivity contribution in [1.29, 1.82) is 0 Å². The summed E-state index contributed by atoms with van der Waals surface area (Å²) in [6.07, 6.45) is -2.88. The standard InChI is InChI=1S/C29H38O11/c1-2-3-4-5-6-7-24(34)38-16-23-26(35)27(36)28(37)29(40-23)39-22-15-19(31)14-21(33)25(22)20(32)13-10-17-8-11-18(30)12-9-17/h8-9,11-12,14-15,23,26-31,33,35-37H,2-7,10,13,16H2,1H3. The molecule has 3 rings (SSSR count). The van der Waals surface area contributed by atoms with E-state index in [4.69, 9.17) is 14.2 Å². The van der Waals surface area contributed by atoms with Crippen LogP contribution < -0.4 is 4.74 Å². The molecule has 1 aliphatic rings. The van der Waals surface area contributed by atoms with Gasteiger partial charge in [-0.3, -0.25) is 9.59 Å². The van der Waals surface area contributed by atoms with Crippen molar-refractivity contribution in [1.82, 2.24) is 0 Å². The molecule has 0 spiro atoms. The van der Waals surface area contributed by atoms with Crippen LogP contribution in [-0.4, -0.2) is 79.7 Å². The average molecular weight is 563 g/mol. The van der Waals surface area contributed by atoms with Gasteiger partial charge in [-0.2, -0.15) is 0 Å². The minimum absolute atomic E-state index is 0.0636. The van der Waals surface area contributed by atoms with E-state index in [0.29, 0.717) is 6.42 Å². The Labute approximate surface area is 232 Å². The molecule has 6 N–H and O–H groups in total. The predicted octanol–water partition coefficient (Wildman–Crippen LogP) is 2.71. The third kappa shape index (κ3) is 8.56. The molecule has 2 aromatic rings. The zero-order valence-corrected chi connectivity index (χ0v) is 22.4. The lowest BCUT2D eigenvalue weighted by atomic mass is 9.98. The van der Waals surface area contributed by atoms with Crippen LogP contribution in [0.2, 0.25) is 0 Å². The number of ketones is 1. The molecule has 5 unspecified atom stereocenters. The first kappa shape index (κ1) is 31.2. The van der Waals surface area contributed by atoms with Crippen molar-refractivity contribution in [3.8, 4) is 23.0 Å². The largest absolute Gasteiger partial charge is 0.508 e. The van der Waals surface area contributed by atoms with Crippen molar-refractivity contribution >= 4 is 11.8 Å². The second-order valence-electron chi connectivity index (χ2n) is 9.91. The molecule has 0 aromatic heterocycles. The number of unbranched alkanes of at least 4 members (excludes halogenated alkanes) is 4. The van der Waals surface area contributed by atoms with E-state index in [9.17, 15) is 40.2 Å². The molecule has 5 atom stereocenters. The summed E-state index contributed by atoms with van der Waals surface area (Å²) in [6.45, 7) is 1.68. The number of carbonyl (C=O) groups excluding carboxylic acids is 2. The van der Waals surface area contributed by atoms with E-state index in [2.05, 4.69) is 6.92 Å². The summed E-state index contributed by atoms with van der Waals surface area (Å²) in [4.78, 5) is 25.2. The number of aliphatic hydroxyl groups excluding tert-OH is 3. The fraction of sp³-hybridized carbons (Fsp3) is 0.517. The van der Waals surface area contributed by atoms with Gasteiger partial charge >= 0.3 is 5.97 Å². The van der Waals surface area contributed by atoms with E-state index in [-0.39, 0.29) is 36.3 Å². The highest BCUT2D eigenvalue weighted by molar-refractivity contribution is 6.01. The van der Waals surface area contributed by atoms with Gasteiger partial charge in [0.25, 0.3) is 0 Å². The van der Waals surface area contributed by atoms with Crippen LogP contribution in [0.5, 0.6) is 23.0 Å². The molecule has 1 aliphatic heterocycles. The van der Waals surface area contributed by atoms with Gasteiger partial charge in [-0.05, 0) is 30.5 Å². The number of ether oxygens (including phenoxy) is 3. The maximum absolute atomic E-state index is 13.0. The molecule has 2 aromatic carbocycles. The lowest BCUT2D eigenvalue weighted by Crippen LogP contribution is -2.60. The van der Waals surface area contributed by atoms with Crippen LogP contribution >= 0.6 is 0 Å². The molecule has 1 saturated heterocycles. The van der Waals surface area contributed by atoms with Crippen molar-refractivity contribution in [2.45, 2.75) is 89.0 Å². The van der Waals surface area contributed by atoms with E-state index >= 15 is 0 Å². The number of Topliss-reactive ketones (excluding diaryl/α,β-unsaturated/α-hetero) is 1. The number of esters is 1. The Balaban J connectivity index is 1.67.